The predicted octanol–water partition coefficient (Wildman–Crippen LogP) is 4.31. The molecule has 5 nitrogen and oxygen atoms in total. The lowest BCUT2D eigenvalue weighted by molar-refractivity contribution is -0.121. The number of carbonyl (C=O) groups is 1. The van der Waals surface area contributed by atoms with E-state index in [1.54, 1.807) is 19.1 Å². The molecule has 0 aromatic heterocycles. The van der Waals surface area contributed by atoms with Crippen molar-refractivity contribution in [2.24, 2.45) is 10.9 Å². The topological polar surface area (TPSA) is 75.6 Å². The summed E-state index contributed by atoms with van der Waals surface area (Å²) in [7, 11) is -3.66. The van der Waals surface area contributed by atoms with Gasteiger partial charge in [-0.2, -0.15) is 0 Å². The fourth-order valence-electron chi connectivity index (χ4n) is 3.55. The van der Waals surface area contributed by atoms with Crippen LogP contribution in [-0.2, 0) is 21.2 Å². The van der Waals surface area contributed by atoms with Crippen LogP contribution in [0.5, 0.6) is 0 Å². The molecule has 0 saturated heterocycles. The number of hydrogen-bond acceptors (Lipinski definition) is 3. The first-order valence-corrected chi connectivity index (χ1v) is 11.2. The van der Waals surface area contributed by atoms with Crippen LogP contribution in [0.15, 0.2) is 46.2 Å². The largest absolute Gasteiger partial charge is 0.283 e. The third kappa shape index (κ3) is 4.95. The Hall–Kier alpha value is -2.28. The van der Waals surface area contributed by atoms with E-state index < -0.39 is 10.0 Å². The predicted molar refractivity (Wildman–Crippen MR) is 110 cm³/mol. The molecule has 28 heavy (non-hydrogen) atoms. The zero-order valence-electron chi connectivity index (χ0n) is 16.2. The Labute approximate surface area is 165 Å². The van der Waals surface area contributed by atoms with E-state index in [0.717, 1.165) is 24.0 Å². The molecule has 3 rings (SSSR count). The summed E-state index contributed by atoms with van der Waals surface area (Å²) >= 11 is 0. The highest BCUT2D eigenvalue weighted by atomic mass is 32.2. The van der Waals surface area contributed by atoms with Gasteiger partial charge in [0.15, 0.2) is 0 Å². The van der Waals surface area contributed by atoms with Crippen molar-refractivity contribution in [3.8, 4) is 0 Å². The summed E-state index contributed by atoms with van der Waals surface area (Å²) in [5, 5.41) is 0. The summed E-state index contributed by atoms with van der Waals surface area (Å²) < 4.78 is 41.3. The molecular weight excluding hydrogens is 379 g/mol. The monoisotopic (exact) mass is 404 g/mol. The highest BCUT2D eigenvalue weighted by Gasteiger charge is 2.22. The van der Waals surface area contributed by atoms with Gasteiger partial charge >= 0.3 is 0 Å². The quantitative estimate of drug-likeness (QED) is 0.768. The van der Waals surface area contributed by atoms with E-state index in [2.05, 4.69) is 9.71 Å². The van der Waals surface area contributed by atoms with Crippen molar-refractivity contribution in [2.75, 3.05) is 10.5 Å². The second kappa shape index (κ2) is 8.39. The number of sulfonamides is 1. The van der Waals surface area contributed by atoms with E-state index in [-0.39, 0.29) is 23.4 Å². The van der Waals surface area contributed by atoms with E-state index in [1.165, 1.54) is 12.3 Å². The van der Waals surface area contributed by atoms with E-state index in [4.69, 9.17) is 0 Å². The van der Waals surface area contributed by atoms with Crippen molar-refractivity contribution in [2.45, 2.75) is 46.0 Å². The van der Waals surface area contributed by atoms with E-state index in [1.807, 2.05) is 13.0 Å². The third-order valence-corrected chi connectivity index (χ3v) is 6.44. The van der Waals surface area contributed by atoms with Gasteiger partial charge in [0, 0.05) is 17.8 Å². The fraction of sp³-hybridized carbons (Fsp3) is 0.429. The highest BCUT2D eigenvalue weighted by molar-refractivity contribution is 7.92. The molecule has 1 aliphatic heterocycles. The van der Waals surface area contributed by atoms with Gasteiger partial charge < -0.3 is 0 Å². The van der Waals surface area contributed by atoms with Gasteiger partial charge in [-0.15, -0.1) is 0 Å². The van der Waals surface area contributed by atoms with Gasteiger partial charge in [-0.05, 0) is 67.5 Å². The highest BCUT2D eigenvalue weighted by Crippen LogP contribution is 2.27. The van der Waals surface area contributed by atoms with Gasteiger partial charge in [0.25, 0.3) is 0 Å². The van der Waals surface area contributed by atoms with Gasteiger partial charge in [-0.25, -0.2) is 17.8 Å². The molecule has 0 spiro atoms. The molecule has 1 atom stereocenters. The number of aliphatic imine (C=N–C) groups is 1. The Morgan fingerprint density at radius 1 is 1.29 bits per heavy atom. The maximum Gasteiger partial charge on any atom is 0.249 e. The lowest BCUT2D eigenvalue weighted by atomic mass is 9.93. The number of amides is 1. The molecule has 1 unspecified atom stereocenters. The Morgan fingerprint density at radius 3 is 2.79 bits per heavy atom. The molecule has 7 heteroatoms. The molecule has 0 bridgehead atoms. The maximum atomic E-state index is 13.7. The van der Waals surface area contributed by atoms with Crippen LogP contribution < -0.4 is 4.72 Å². The fourth-order valence-corrected chi connectivity index (χ4v) is 4.82. The van der Waals surface area contributed by atoms with Crippen LogP contribution in [0.25, 0.3) is 0 Å². The number of nitrogens with one attached hydrogen (secondary N) is 1. The minimum Gasteiger partial charge on any atom is -0.283 e. The van der Waals surface area contributed by atoms with Gasteiger partial charge in [0.05, 0.1) is 5.75 Å². The number of nitrogens with zero attached hydrogens (tertiary/aromatic N) is 1. The molecule has 0 radical (unpaired) electrons. The number of benzene rings is 1. The smallest absolute Gasteiger partial charge is 0.249 e. The van der Waals surface area contributed by atoms with Crippen LogP contribution >= 0.6 is 0 Å². The SMILES string of the molecule is CCCC1Cc2ccc(NS(=O)(=O)CC3=CC(F)=C(C)CC3)cc2C=NC1=O. The maximum absolute atomic E-state index is 13.7. The molecule has 150 valence electrons. The van der Waals surface area contributed by atoms with E-state index >= 15 is 0 Å². The molecule has 1 amide bonds. The minimum atomic E-state index is -3.66. The summed E-state index contributed by atoms with van der Waals surface area (Å²) in [5.74, 6) is -0.843. The lowest BCUT2D eigenvalue weighted by Gasteiger charge is -2.16. The number of carbonyl (C=O) groups excluding carboxylic acids is 1. The van der Waals surface area contributed by atoms with Crippen molar-refractivity contribution in [3.63, 3.8) is 0 Å². The van der Waals surface area contributed by atoms with Crippen LogP contribution in [0.1, 0.15) is 50.7 Å². The molecule has 0 saturated carbocycles. The van der Waals surface area contributed by atoms with Gasteiger partial charge in [0.1, 0.15) is 5.83 Å². The van der Waals surface area contributed by atoms with E-state index in [0.29, 0.717) is 36.1 Å². The Balaban J connectivity index is 1.76. The first kappa shape index (κ1) is 20.5. The van der Waals surface area contributed by atoms with Crippen LogP contribution in [0.4, 0.5) is 10.1 Å². The first-order chi connectivity index (χ1) is 13.3. The summed E-state index contributed by atoms with van der Waals surface area (Å²) in [5.41, 5.74) is 3.34. The standard InChI is InChI=1S/C21H25FN2O3S/c1-3-4-17-10-16-7-8-19(11-18(16)12-23-21(17)25)24-28(26,27)13-15-6-5-14(2)20(22)9-15/h7-9,11-12,17,24H,3-6,10,13H2,1-2H3. The van der Waals surface area contributed by atoms with Gasteiger partial charge in [-0.3, -0.25) is 9.52 Å². The van der Waals surface area contributed by atoms with Gasteiger partial charge in [-0.1, -0.05) is 25.0 Å². The molecule has 1 aliphatic carbocycles. The van der Waals surface area contributed by atoms with Crippen molar-refractivity contribution < 1.29 is 17.6 Å². The normalized spacial score (nSPS) is 19.9. The van der Waals surface area contributed by atoms with Crippen molar-refractivity contribution >= 4 is 27.8 Å². The van der Waals surface area contributed by atoms with Gasteiger partial charge in [0.2, 0.25) is 15.9 Å². The molecule has 1 heterocycles. The lowest BCUT2D eigenvalue weighted by Crippen LogP contribution is -2.19. The molecule has 0 fully saturated rings. The molecule has 1 N–H and O–H groups in total. The van der Waals surface area contributed by atoms with E-state index in [9.17, 15) is 17.6 Å². The summed E-state index contributed by atoms with van der Waals surface area (Å²) in [6.45, 7) is 3.74. The number of halogens is 1. The number of hydrogen-bond donors (Lipinski definition) is 1. The van der Waals surface area contributed by atoms with Crippen molar-refractivity contribution in [3.05, 3.63) is 52.4 Å². The average molecular weight is 405 g/mol. The van der Waals surface area contributed by atoms with Crippen LogP contribution in [-0.4, -0.2) is 26.3 Å². The number of rotatable bonds is 6. The second-order valence-electron chi connectivity index (χ2n) is 7.49. The Bertz CT molecular complexity index is 977. The summed E-state index contributed by atoms with van der Waals surface area (Å²) in [4.78, 5) is 16.1. The number of fused-ring (bicyclic) bond motifs is 1. The zero-order valence-corrected chi connectivity index (χ0v) is 17.0. The average Bonchev–Trinajstić information content (AvgIpc) is 2.77. The summed E-state index contributed by atoms with van der Waals surface area (Å²) in [6.07, 6.45) is 6.20. The molecule has 1 aromatic rings. The Morgan fingerprint density at radius 2 is 2.07 bits per heavy atom. The second-order valence-corrected chi connectivity index (χ2v) is 9.21. The van der Waals surface area contributed by atoms with Crippen molar-refractivity contribution in [1.29, 1.82) is 0 Å². The third-order valence-electron chi connectivity index (χ3n) is 5.14. The Kier molecular flexibility index (Phi) is 6.13. The van der Waals surface area contributed by atoms with Crippen molar-refractivity contribution in [1.82, 2.24) is 0 Å². The zero-order chi connectivity index (χ0) is 20.3. The first-order valence-electron chi connectivity index (χ1n) is 9.53. The minimum absolute atomic E-state index is 0.130. The molecule has 1 aromatic carbocycles. The number of anilines is 1. The molecular formula is C21H25FN2O3S. The summed E-state index contributed by atoms with van der Waals surface area (Å²) in [6, 6.07) is 5.23. The van der Waals surface area contributed by atoms with Crippen LogP contribution in [0.2, 0.25) is 0 Å². The van der Waals surface area contributed by atoms with Crippen LogP contribution in [0, 0.1) is 5.92 Å². The molecule has 2 aliphatic rings. The number of allylic oxidation sites excluding steroid dienone is 3. The van der Waals surface area contributed by atoms with Crippen LogP contribution in [0.3, 0.4) is 0 Å².